The summed E-state index contributed by atoms with van der Waals surface area (Å²) >= 11 is 0. The van der Waals surface area contributed by atoms with Crippen molar-refractivity contribution in [1.29, 1.82) is 0 Å². The third kappa shape index (κ3) is 2.03. The molecule has 1 aliphatic heterocycles. The number of nitrogens with zero attached hydrogens (tertiary/aromatic N) is 1. The Morgan fingerprint density at radius 2 is 1.82 bits per heavy atom. The van der Waals surface area contributed by atoms with Crippen LogP contribution in [0.25, 0.3) is 0 Å². The summed E-state index contributed by atoms with van der Waals surface area (Å²) in [6, 6.07) is 8.83. The zero-order chi connectivity index (χ0) is 12.6. The van der Waals surface area contributed by atoms with Gasteiger partial charge in [0.25, 0.3) is 0 Å². The summed E-state index contributed by atoms with van der Waals surface area (Å²) in [5.41, 5.74) is 4.56. The Morgan fingerprint density at radius 3 is 2.47 bits per heavy atom. The molecule has 0 aromatic heterocycles. The predicted molar refractivity (Wildman–Crippen MR) is 74.4 cm³/mol. The van der Waals surface area contributed by atoms with Gasteiger partial charge in [-0.05, 0) is 19.8 Å². The molecule has 0 bridgehead atoms. The van der Waals surface area contributed by atoms with Crippen LogP contribution >= 0.6 is 0 Å². The second-order valence-electron chi connectivity index (χ2n) is 6.06. The van der Waals surface area contributed by atoms with Crippen molar-refractivity contribution in [3.8, 4) is 0 Å². The molecule has 0 saturated carbocycles. The summed E-state index contributed by atoms with van der Waals surface area (Å²) in [5.74, 6) is 0.763. The van der Waals surface area contributed by atoms with E-state index in [1.54, 1.807) is 0 Å². The zero-order valence-corrected chi connectivity index (χ0v) is 11.7. The van der Waals surface area contributed by atoms with Gasteiger partial charge >= 0.3 is 0 Å². The van der Waals surface area contributed by atoms with Crippen molar-refractivity contribution in [1.82, 2.24) is 0 Å². The topological polar surface area (TPSA) is 3.01 Å². The van der Waals surface area contributed by atoms with Gasteiger partial charge in [0.1, 0.15) is 6.54 Å². The van der Waals surface area contributed by atoms with E-state index in [1.165, 1.54) is 23.4 Å². The number of rotatable bonds is 3. The minimum atomic E-state index is 0.188. The Kier molecular flexibility index (Phi) is 3.11. The molecule has 0 aliphatic carbocycles. The fraction of sp³-hybridized carbons (Fsp3) is 0.562. The highest BCUT2D eigenvalue weighted by Crippen LogP contribution is 2.39. The van der Waals surface area contributed by atoms with Gasteiger partial charge in [0, 0.05) is 25.0 Å². The maximum atomic E-state index is 2.51. The quantitative estimate of drug-likeness (QED) is 0.687. The van der Waals surface area contributed by atoms with Gasteiger partial charge in [-0.1, -0.05) is 32.0 Å². The minimum Gasteiger partial charge on any atom is -0.199 e. The third-order valence-corrected chi connectivity index (χ3v) is 4.11. The molecule has 1 heteroatoms. The number of hydrogen-bond acceptors (Lipinski definition) is 0. The van der Waals surface area contributed by atoms with Crippen molar-refractivity contribution in [2.24, 2.45) is 5.92 Å². The summed E-state index contributed by atoms with van der Waals surface area (Å²) in [7, 11) is 0. The predicted octanol–water partition coefficient (Wildman–Crippen LogP) is 4.13. The van der Waals surface area contributed by atoms with Gasteiger partial charge in [-0.3, -0.25) is 0 Å². The fourth-order valence-electron chi connectivity index (χ4n) is 2.63. The molecule has 0 fully saturated rings. The first-order valence-corrected chi connectivity index (χ1v) is 6.65. The van der Waals surface area contributed by atoms with Gasteiger partial charge in [0.2, 0.25) is 5.69 Å². The molecule has 0 saturated heterocycles. The van der Waals surface area contributed by atoms with E-state index >= 15 is 0 Å². The van der Waals surface area contributed by atoms with Crippen molar-refractivity contribution in [2.45, 2.75) is 46.5 Å². The van der Waals surface area contributed by atoms with E-state index in [9.17, 15) is 0 Å². The van der Waals surface area contributed by atoms with E-state index in [-0.39, 0.29) is 5.41 Å². The van der Waals surface area contributed by atoms with E-state index in [0.29, 0.717) is 0 Å². The Balaban J connectivity index is 2.40. The van der Waals surface area contributed by atoms with Crippen molar-refractivity contribution in [3.05, 3.63) is 29.8 Å². The molecule has 1 aromatic carbocycles. The minimum absolute atomic E-state index is 0.188. The fourth-order valence-corrected chi connectivity index (χ4v) is 2.63. The van der Waals surface area contributed by atoms with Gasteiger partial charge in [0.05, 0.1) is 5.41 Å². The second-order valence-corrected chi connectivity index (χ2v) is 6.06. The van der Waals surface area contributed by atoms with Crippen LogP contribution in [-0.4, -0.2) is 16.8 Å². The molecular weight excluding hydrogens is 206 g/mol. The van der Waals surface area contributed by atoms with Crippen LogP contribution in [0.2, 0.25) is 0 Å². The number of benzene rings is 1. The normalized spacial score (nSPS) is 17.8. The van der Waals surface area contributed by atoms with Crippen LogP contribution < -0.4 is 0 Å². The van der Waals surface area contributed by atoms with Gasteiger partial charge in [-0.25, -0.2) is 0 Å². The van der Waals surface area contributed by atoms with Crippen LogP contribution in [0.5, 0.6) is 0 Å². The molecule has 0 N–H and O–H groups in total. The largest absolute Gasteiger partial charge is 0.209 e. The maximum Gasteiger partial charge on any atom is 0.209 e. The van der Waals surface area contributed by atoms with E-state index in [4.69, 9.17) is 0 Å². The molecule has 0 amide bonds. The molecule has 2 rings (SSSR count). The van der Waals surface area contributed by atoms with Crippen molar-refractivity contribution in [3.63, 3.8) is 0 Å². The molecule has 1 nitrogen and oxygen atoms in total. The van der Waals surface area contributed by atoms with Gasteiger partial charge in [-0.15, -0.1) is 0 Å². The van der Waals surface area contributed by atoms with Crippen LogP contribution in [-0.2, 0) is 5.41 Å². The first kappa shape index (κ1) is 12.3. The molecule has 1 aromatic rings. The van der Waals surface area contributed by atoms with E-state index in [2.05, 4.69) is 63.5 Å². The number of fused-ring (bicyclic) bond motifs is 1. The van der Waals surface area contributed by atoms with Gasteiger partial charge < -0.3 is 0 Å². The highest BCUT2D eigenvalue weighted by Gasteiger charge is 2.42. The molecule has 0 unspecified atom stereocenters. The molecule has 0 spiro atoms. The first-order valence-electron chi connectivity index (χ1n) is 6.65. The second kappa shape index (κ2) is 4.29. The van der Waals surface area contributed by atoms with Crippen LogP contribution in [0.4, 0.5) is 5.69 Å². The Morgan fingerprint density at radius 1 is 1.18 bits per heavy atom. The first-order chi connectivity index (χ1) is 7.94. The monoisotopic (exact) mass is 230 g/mol. The summed E-state index contributed by atoms with van der Waals surface area (Å²) in [4.78, 5) is 0. The zero-order valence-electron chi connectivity index (χ0n) is 11.7. The Hall–Kier alpha value is -1.11. The van der Waals surface area contributed by atoms with E-state index < -0.39 is 0 Å². The van der Waals surface area contributed by atoms with Crippen molar-refractivity contribution >= 4 is 11.4 Å². The molecular formula is C16H24N+. The van der Waals surface area contributed by atoms with Crippen molar-refractivity contribution in [2.75, 3.05) is 6.54 Å². The molecule has 17 heavy (non-hydrogen) atoms. The lowest BCUT2D eigenvalue weighted by Gasteiger charge is -2.14. The molecule has 0 atom stereocenters. The van der Waals surface area contributed by atoms with Gasteiger partial charge in [0.15, 0.2) is 5.71 Å². The summed E-state index contributed by atoms with van der Waals surface area (Å²) in [6.07, 6.45) is 1.25. The van der Waals surface area contributed by atoms with Crippen LogP contribution in [0.15, 0.2) is 24.3 Å². The van der Waals surface area contributed by atoms with Crippen LogP contribution in [0, 0.1) is 5.92 Å². The summed E-state index contributed by atoms with van der Waals surface area (Å²) in [6.45, 7) is 12.7. The third-order valence-electron chi connectivity index (χ3n) is 4.11. The smallest absolute Gasteiger partial charge is 0.199 e. The van der Waals surface area contributed by atoms with Gasteiger partial charge in [-0.2, -0.15) is 4.58 Å². The molecule has 92 valence electrons. The lowest BCUT2D eigenvalue weighted by Crippen LogP contribution is -2.26. The highest BCUT2D eigenvalue weighted by atomic mass is 15.1. The Labute approximate surface area is 105 Å². The SMILES string of the molecule is CC1=[N+](CCC(C)C)c2ccccc2C1(C)C. The highest BCUT2D eigenvalue weighted by molar-refractivity contribution is 5.93. The molecule has 1 aliphatic rings. The number of hydrogen-bond donors (Lipinski definition) is 0. The number of para-hydroxylation sites is 1. The van der Waals surface area contributed by atoms with E-state index in [0.717, 1.165) is 12.5 Å². The van der Waals surface area contributed by atoms with Crippen LogP contribution in [0.1, 0.15) is 46.6 Å². The molecule has 1 heterocycles. The van der Waals surface area contributed by atoms with Crippen molar-refractivity contribution < 1.29 is 4.58 Å². The average molecular weight is 230 g/mol. The maximum absolute atomic E-state index is 2.51. The average Bonchev–Trinajstić information content (AvgIpc) is 2.47. The van der Waals surface area contributed by atoms with Crippen LogP contribution in [0.3, 0.4) is 0 Å². The van der Waals surface area contributed by atoms with E-state index in [1.807, 2.05) is 0 Å². The standard InChI is InChI=1S/C16H24N/c1-12(2)10-11-17-13(3)16(4,5)14-8-6-7-9-15(14)17/h6-9,12H,10-11H2,1-5H3/q+1. The summed E-state index contributed by atoms with van der Waals surface area (Å²) in [5, 5.41) is 0. The lowest BCUT2D eigenvalue weighted by molar-refractivity contribution is -0.440. The molecule has 0 radical (unpaired) electrons. The summed E-state index contributed by atoms with van der Waals surface area (Å²) < 4.78 is 2.51. The lowest BCUT2D eigenvalue weighted by atomic mass is 9.82. The Bertz CT molecular complexity index is 452.